The van der Waals surface area contributed by atoms with Gasteiger partial charge in [0.1, 0.15) is 12.2 Å². The summed E-state index contributed by atoms with van der Waals surface area (Å²) in [5.74, 6) is -2.31. The van der Waals surface area contributed by atoms with Crippen molar-refractivity contribution in [3.8, 4) is 5.75 Å². The summed E-state index contributed by atoms with van der Waals surface area (Å²) >= 11 is 0. The Balaban J connectivity index is 1.61. The minimum Gasteiger partial charge on any atom is -0.488 e. The third-order valence-electron chi connectivity index (χ3n) is 6.07. The normalized spacial score (nSPS) is 14.5. The molecule has 1 aromatic heterocycles. The number of hydrazine groups is 1. The van der Waals surface area contributed by atoms with E-state index in [4.69, 9.17) is 28.8 Å². The molecule has 41 heavy (non-hydrogen) atoms. The number of nitrogens with zero attached hydrogens (tertiary/aromatic N) is 3. The number of hydrogen-bond donors (Lipinski definition) is 2. The van der Waals surface area contributed by atoms with Crippen LogP contribution in [-0.4, -0.2) is 116 Å². The molecule has 1 aliphatic rings. The van der Waals surface area contributed by atoms with Gasteiger partial charge in [0.25, 0.3) is 5.91 Å². The van der Waals surface area contributed by atoms with E-state index in [1.165, 1.54) is 4.57 Å². The first-order chi connectivity index (χ1) is 19.5. The molecular weight excluding hydrogens is 546 g/mol. The maximum absolute atomic E-state index is 14.2. The molecule has 1 aliphatic heterocycles. The molecule has 2 N–H and O–H groups in total. The van der Waals surface area contributed by atoms with Gasteiger partial charge in [0.2, 0.25) is 0 Å². The zero-order valence-corrected chi connectivity index (χ0v) is 24.0. The number of aromatic nitrogens is 1. The van der Waals surface area contributed by atoms with Crippen molar-refractivity contribution in [2.75, 3.05) is 79.0 Å². The zero-order valence-electron chi connectivity index (χ0n) is 24.0. The molecule has 3 rings (SSSR count). The number of carbonyl (C=O) groups is 2. The van der Waals surface area contributed by atoms with Crippen molar-refractivity contribution >= 4 is 22.9 Å². The molecule has 0 atom stereocenters. The highest BCUT2D eigenvalue weighted by Gasteiger charge is 2.30. The van der Waals surface area contributed by atoms with E-state index in [1.54, 1.807) is 37.7 Å². The van der Waals surface area contributed by atoms with Crippen LogP contribution in [-0.2, 0) is 26.0 Å². The molecule has 0 aliphatic carbocycles. The molecule has 230 valence electrons. The fraction of sp³-hybridized carbons (Fsp3) is 0.630. The van der Waals surface area contributed by atoms with Crippen molar-refractivity contribution in [1.29, 1.82) is 0 Å². The number of benzene rings is 1. The number of hydrogen-bond acceptors (Lipinski definition) is 9. The first-order valence-corrected chi connectivity index (χ1v) is 13.5. The van der Waals surface area contributed by atoms with E-state index in [2.05, 4.69) is 5.43 Å². The smallest absolute Gasteiger partial charge is 0.422 e. The molecule has 1 saturated heterocycles. The molecule has 12 nitrogen and oxygen atoms in total. The van der Waals surface area contributed by atoms with Crippen molar-refractivity contribution in [1.82, 2.24) is 19.9 Å². The van der Waals surface area contributed by atoms with Crippen LogP contribution in [0.4, 0.5) is 13.6 Å². The molecule has 0 radical (unpaired) electrons. The van der Waals surface area contributed by atoms with Gasteiger partial charge in [-0.3, -0.25) is 10.2 Å². The number of aliphatic hydroxyl groups is 1. The topological polar surface area (TPSA) is 124 Å². The number of ether oxygens (including phenoxy) is 5. The molecule has 14 heteroatoms. The Morgan fingerprint density at radius 2 is 1.46 bits per heavy atom. The van der Waals surface area contributed by atoms with Crippen molar-refractivity contribution in [2.45, 2.75) is 26.4 Å². The van der Waals surface area contributed by atoms with Crippen molar-refractivity contribution < 1.29 is 47.2 Å². The van der Waals surface area contributed by atoms with Gasteiger partial charge >= 0.3 is 6.09 Å². The van der Waals surface area contributed by atoms with Gasteiger partial charge < -0.3 is 38.3 Å². The zero-order chi connectivity index (χ0) is 30.0. The standard InChI is InChI=1S/C27H40F2N4O8/c1-27(2,3)41-26(36)30-33-7-5-32(6-8-33)25(35)23-24(19-17-20(28)21(29)18-22(19)31(23)4)40-16-15-39-14-13-38-12-11-37-10-9-34/h17-18,34H,5-16H2,1-4H3,(H,30,36). The fourth-order valence-electron chi connectivity index (χ4n) is 4.19. The first-order valence-electron chi connectivity index (χ1n) is 13.5. The Labute approximate surface area is 238 Å². The van der Waals surface area contributed by atoms with E-state index in [1.807, 2.05) is 0 Å². The summed E-state index contributed by atoms with van der Waals surface area (Å²) in [6.45, 7) is 8.44. The quantitative estimate of drug-likeness (QED) is 0.320. The van der Waals surface area contributed by atoms with Gasteiger partial charge in [-0.05, 0) is 26.8 Å². The van der Waals surface area contributed by atoms with Crippen LogP contribution in [0.3, 0.4) is 0 Å². The Hall–Kier alpha value is -3.04. The molecule has 0 saturated carbocycles. The van der Waals surface area contributed by atoms with E-state index in [0.29, 0.717) is 58.1 Å². The second kappa shape index (κ2) is 15.3. The predicted molar refractivity (Wildman–Crippen MR) is 145 cm³/mol. The summed E-state index contributed by atoms with van der Waals surface area (Å²) in [7, 11) is 1.60. The summed E-state index contributed by atoms with van der Waals surface area (Å²) < 4.78 is 56.9. The van der Waals surface area contributed by atoms with Gasteiger partial charge in [0, 0.05) is 44.7 Å². The number of rotatable bonds is 14. The van der Waals surface area contributed by atoms with Crippen molar-refractivity contribution in [2.24, 2.45) is 7.05 Å². The third kappa shape index (κ3) is 9.50. The highest BCUT2D eigenvalue weighted by Crippen LogP contribution is 2.35. The number of piperazine rings is 1. The molecule has 1 aromatic carbocycles. The Morgan fingerprint density at radius 3 is 2.05 bits per heavy atom. The molecule has 2 aromatic rings. The van der Waals surface area contributed by atoms with Gasteiger partial charge in [0.05, 0.1) is 51.8 Å². The Kier molecular flexibility index (Phi) is 12.1. The van der Waals surface area contributed by atoms with Crippen LogP contribution in [0, 0.1) is 11.6 Å². The van der Waals surface area contributed by atoms with E-state index in [-0.39, 0.29) is 49.2 Å². The highest BCUT2D eigenvalue weighted by atomic mass is 19.2. The lowest BCUT2D eigenvalue weighted by atomic mass is 10.2. The van der Waals surface area contributed by atoms with E-state index >= 15 is 0 Å². The maximum atomic E-state index is 14.2. The molecular formula is C27H40F2N4O8. The highest BCUT2D eigenvalue weighted by molar-refractivity contribution is 6.04. The number of amides is 2. The number of aryl methyl sites for hydroxylation is 1. The molecule has 2 amide bonds. The van der Waals surface area contributed by atoms with Gasteiger partial charge in [0.15, 0.2) is 23.1 Å². The fourth-order valence-corrected chi connectivity index (χ4v) is 4.19. The van der Waals surface area contributed by atoms with E-state index < -0.39 is 23.3 Å². The third-order valence-corrected chi connectivity index (χ3v) is 6.07. The SMILES string of the molecule is Cn1c(C(=O)N2CCN(NC(=O)OC(C)(C)C)CC2)c(OCCOCCOCCOCCO)c2cc(F)c(F)cc21. The number of carbonyl (C=O) groups excluding carboxylic acids is 2. The monoisotopic (exact) mass is 586 g/mol. The lowest BCUT2D eigenvalue weighted by Crippen LogP contribution is -2.55. The van der Waals surface area contributed by atoms with Gasteiger partial charge in [-0.1, -0.05) is 0 Å². The van der Waals surface area contributed by atoms with E-state index in [9.17, 15) is 18.4 Å². The molecule has 0 unspecified atom stereocenters. The van der Waals surface area contributed by atoms with Crippen LogP contribution >= 0.6 is 0 Å². The summed E-state index contributed by atoms with van der Waals surface area (Å²) in [5, 5.41) is 10.6. The van der Waals surface area contributed by atoms with Gasteiger partial charge in [-0.2, -0.15) is 0 Å². The molecule has 0 bridgehead atoms. The van der Waals surface area contributed by atoms with Crippen LogP contribution < -0.4 is 10.2 Å². The number of halogens is 2. The predicted octanol–water partition coefficient (Wildman–Crippen LogP) is 2.07. The lowest BCUT2D eigenvalue weighted by Gasteiger charge is -2.35. The van der Waals surface area contributed by atoms with Crippen LogP contribution in [0.2, 0.25) is 0 Å². The second-order valence-corrected chi connectivity index (χ2v) is 10.3. The Morgan fingerprint density at radius 1 is 0.902 bits per heavy atom. The van der Waals surface area contributed by atoms with Crippen LogP contribution in [0.15, 0.2) is 12.1 Å². The Bertz CT molecular complexity index is 1160. The van der Waals surface area contributed by atoms with Crippen LogP contribution in [0.5, 0.6) is 5.75 Å². The number of aliphatic hydroxyl groups excluding tert-OH is 1. The second-order valence-electron chi connectivity index (χ2n) is 10.3. The summed E-state index contributed by atoms with van der Waals surface area (Å²) in [6, 6.07) is 2.06. The van der Waals surface area contributed by atoms with Crippen molar-refractivity contribution in [3.05, 3.63) is 29.5 Å². The molecule has 2 heterocycles. The number of nitrogens with one attached hydrogen (secondary N) is 1. The van der Waals surface area contributed by atoms with E-state index in [0.717, 1.165) is 12.1 Å². The largest absolute Gasteiger partial charge is 0.488 e. The average Bonchev–Trinajstić information content (AvgIpc) is 3.16. The molecule has 0 spiro atoms. The minimum atomic E-state index is -1.05. The summed E-state index contributed by atoms with van der Waals surface area (Å²) in [4.78, 5) is 27.3. The minimum absolute atomic E-state index is 0.0430. The number of fused-ring (bicyclic) bond motifs is 1. The van der Waals surface area contributed by atoms with Gasteiger partial charge in [-0.15, -0.1) is 0 Å². The molecule has 1 fully saturated rings. The lowest BCUT2D eigenvalue weighted by molar-refractivity contribution is 0.00359. The van der Waals surface area contributed by atoms with Crippen LogP contribution in [0.1, 0.15) is 31.3 Å². The van der Waals surface area contributed by atoms with Gasteiger partial charge in [-0.25, -0.2) is 18.6 Å². The van der Waals surface area contributed by atoms with Crippen molar-refractivity contribution in [3.63, 3.8) is 0 Å². The summed E-state index contributed by atoms with van der Waals surface area (Å²) in [6.07, 6.45) is -0.577. The summed E-state index contributed by atoms with van der Waals surface area (Å²) in [5.41, 5.74) is 2.51. The first kappa shape index (κ1) is 32.5. The average molecular weight is 587 g/mol. The van der Waals surface area contributed by atoms with Crippen LogP contribution in [0.25, 0.3) is 10.9 Å². The maximum Gasteiger partial charge on any atom is 0.422 e.